The smallest absolute Gasteiger partial charge is 0.259 e. The number of benzene rings is 1. The molecule has 1 heterocycles. The predicted octanol–water partition coefficient (Wildman–Crippen LogP) is 0.0924. The van der Waals surface area contributed by atoms with Crippen molar-refractivity contribution in [2.45, 2.75) is 12.5 Å². The van der Waals surface area contributed by atoms with Crippen LogP contribution in [0.4, 0.5) is 0 Å². The molecule has 1 aromatic carbocycles. The molecule has 6 nitrogen and oxygen atoms in total. The molecule has 0 saturated heterocycles. The summed E-state index contributed by atoms with van der Waals surface area (Å²) in [4.78, 5) is 11.8. The zero-order valence-electron chi connectivity index (χ0n) is 11.4. The van der Waals surface area contributed by atoms with Gasteiger partial charge < -0.3 is 14.4 Å². The number of nitrogens with one attached hydrogen (secondary N) is 1. The largest absolute Gasteiger partial charge is 0.493 e. The van der Waals surface area contributed by atoms with Crippen LogP contribution in [0.3, 0.4) is 0 Å². The number of hydrogen-bond acceptors (Lipinski definition) is 4. The topological polar surface area (TPSA) is 66.0 Å². The van der Waals surface area contributed by atoms with Gasteiger partial charge in [-0.2, -0.15) is 0 Å². The van der Waals surface area contributed by atoms with Crippen molar-refractivity contribution in [3.63, 3.8) is 0 Å². The SMILES string of the molecule is COc1cc2c(cc1OC)[C@H](C[N+](=O)[O-])[NH+](C)CC2. The molecule has 1 N–H and O–H groups in total. The van der Waals surface area contributed by atoms with E-state index in [1.165, 1.54) is 0 Å². The summed E-state index contributed by atoms with van der Waals surface area (Å²) in [5.41, 5.74) is 2.12. The van der Waals surface area contributed by atoms with Gasteiger partial charge in [0.15, 0.2) is 17.5 Å². The Labute approximate surface area is 112 Å². The Morgan fingerprint density at radius 3 is 2.58 bits per heavy atom. The first-order valence-corrected chi connectivity index (χ1v) is 6.25. The van der Waals surface area contributed by atoms with Crippen molar-refractivity contribution < 1.29 is 19.3 Å². The summed E-state index contributed by atoms with van der Waals surface area (Å²) in [5, 5.41) is 10.8. The molecule has 0 aromatic heterocycles. The summed E-state index contributed by atoms with van der Waals surface area (Å²) in [6, 6.07) is 3.69. The molecule has 2 atom stereocenters. The van der Waals surface area contributed by atoms with Crippen molar-refractivity contribution in [2.24, 2.45) is 0 Å². The molecule has 0 bridgehead atoms. The minimum absolute atomic E-state index is 0.0612. The van der Waals surface area contributed by atoms with Gasteiger partial charge in [0.2, 0.25) is 0 Å². The third-order valence-corrected chi connectivity index (χ3v) is 3.74. The summed E-state index contributed by atoms with van der Waals surface area (Å²) in [7, 11) is 5.17. The number of fused-ring (bicyclic) bond motifs is 1. The van der Waals surface area contributed by atoms with Gasteiger partial charge in [-0.05, 0) is 17.7 Å². The molecular formula is C13H19N2O4+. The van der Waals surface area contributed by atoms with Crippen LogP contribution in [0, 0.1) is 10.1 Å². The Kier molecular flexibility index (Phi) is 3.90. The molecule has 0 saturated carbocycles. The van der Waals surface area contributed by atoms with E-state index >= 15 is 0 Å². The fourth-order valence-electron chi connectivity index (χ4n) is 2.65. The van der Waals surface area contributed by atoms with E-state index in [9.17, 15) is 10.1 Å². The minimum Gasteiger partial charge on any atom is -0.493 e. The number of nitrogens with zero attached hydrogens (tertiary/aromatic N) is 1. The quantitative estimate of drug-likeness (QED) is 0.620. The minimum atomic E-state index is -0.250. The molecule has 0 radical (unpaired) electrons. The van der Waals surface area contributed by atoms with Crippen LogP contribution in [0.25, 0.3) is 0 Å². The second-order valence-electron chi connectivity index (χ2n) is 4.82. The Morgan fingerprint density at radius 2 is 2.00 bits per heavy atom. The summed E-state index contributed by atoms with van der Waals surface area (Å²) in [5.74, 6) is 1.31. The van der Waals surface area contributed by atoms with E-state index in [1.807, 2.05) is 19.2 Å². The van der Waals surface area contributed by atoms with Crippen molar-refractivity contribution >= 4 is 0 Å². The first kappa shape index (κ1) is 13.6. The van der Waals surface area contributed by atoms with E-state index in [2.05, 4.69) is 0 Å². The molecule has 1 unspecified atom stereocenters. The number of ether oxygens (including phenoxy) is 2. The van der Waals surface area contributed by atoms with E-state index in [-0.39, 0.29) is 17.5 Å². The van der Waals surface area contributed by atoms with Crippen molar-refractivity contribution in [3.05, 3.63) is 33.4 Å². The van der Waals surface area contributed by atoms with E-state index in [1.54, 1.807) is 14.2 Å². The Hall–Kier alpha value is -1.82. The fourth-order valence-corrected chi connectivity index (χ4v) is 2.65. The molecule has 104 valence electrons. The number of hydrogen-bond donors (Lipinski definition) is 1. The summed E-state index contributed by atoms with van der Waals surface area (Å²) in [6.45, 7) is 0.829. The van der Waals surface area contributed by atoms with Crippen LogP contribution in [0.15, 0.2) is 12.1 Å². The molecule has 2 rings (SSSR count). The predicted molar refractivity (Wildman–Crippen MR) is 69.6 cm³/mol. The second kappa shape index (κ2) is 5.44. The number of methoxy groups -OCH3 is 2. The first-order chi connectivity index (χ1) is 9.06. The summed E-state index contributed by atoms with van der Waals surface area (Å²) in [6.07, 6.45) is 0.899. The zero-order valence-corrected chi connectivity index (χ0v) is 11.4. The average Bonchev–Trinajstić information content (AvgIpc) is 2.40. The molecule has 1 aliphatic rings. The van der Waals surface area contributed by atoms with Gasteiger partial charge in [-0.25, -0.2) is 0 Å². The molecule has 0 aliphatic carbocycles. The van der Waals surface area contributed by atoms with Gasteiger partial charge in [-0.3, -0.25) is 10.1 Å². The van der Waals surface area contributed by atoms with Crippen molar-refractivity contribution in [1.82, 2.24) is 0 Å². The van der Waals surface area contributed by atoms with Gasteiger partial charge in [-0.1, -0.05) is 0 Å². The van der Waals surface area contributed by atoms with E-state index < -0.39 is 0 Å². The van der Waals surface area contributed by atoms with Crippen LogP contribution in [-0.2, 0) is 6.42 Å². The fraction of sp³-hybridized carbons (Fsp3) is 0.538. The lowest BCUT2D eigenvalue weighted by molar-refractivity contribution is -0.922. The number of rotatable bonds is 4. The maximum absolute atomic E-state index is 10.8. The van der Waals surface area contributed by atoms with Gasteiger partial charge in [0.05, 0.1) is 27.8 Å². The van der Waals surface area contributed by atoms with Gasteiger partial charge in [0, 0.05) is 16.9 Å². The maximum Gasteiger partial charge on any atom is 0.259 e. The van der Waals surface area contributed by atoms with Crippen LogP contribution in [-0.4, -0.2) is 39.3 Å². The van der Waals surface area contributed by atoms with Crippen LogP contribution in [0.1, 0.15) is 17.2 Å². The number of likely N-dealkylation sites (N-methyl/N-ethyl adjacent to an activating group) is 1. The molecule has 0 fully saturated rings. The molecule has 1 aromatic rings. The standard InChI is InChI=1S/C13H18N2O4/c1-14-5-4-9-6-12(18-2)13(19-3)7-10(9)11(14)8-15(16)17/h6-7,11H,4-5,8H2,1-3H3/p+1/t11-/m0/s1. The molecule has 0 spiro atoms. The molecular weight excluding hydrogens is 248 g/mol. The summed E-state index contributed by atoms with van der Waals surface area (Å²) >= 11 is 0. The summed E-state index contributed by atoms with van der Waals surface area (Å²) < 4.78 is 10.6. The van der Waals surface area contributed by atoms with Crippen LogP contribution < -0.4 is 14.4 Å². The Bertz CT molecular complexity index is 490. The molecule has 0 amide bonds. The monoisotopic (exact) mass is 267 g/mol. The molecule has 6 heteroatoms. The third-order valence-electron chi connectivity index (χ3n) is 3.74. The highest BCUT2D eigenvalue weighted by molar-refractivity contribution is 5.48. The normalized spacial score (nSPS) is 21.6. The highest BCUT2D eigenvalue weighted by Gasteiger charge is 2.33. The lowest BCUT2D eigenvalue weighted by Gasteiger charge is -2.29. The van der Waals surface area contributed by atoms with Crippen LogP contribution >= 0.6 is 0 Å². The van der Waals surface area contributed by atoms with Gasteiger partial charge >= 0.3 is 0 Å². The molecule has 19 heavy (non-hydrogen) atoms. The molecule has 1 aliphatic heterocycles. The lowest BCUT2D eigenvalue weighted by atomic mass is 9.92. The average molecular weight is 267 g/mol. The lowest BCUT2D eigenvalue weighted by Crippen LogP contribution is -3.11. The highest BCUT2D eigenvalue weighted by Crippen LogP contribution is 2.33. The number of nitro groups is 1. The van der Waals surface area contributed by atoms with Gasteiger partial charge in [0.1, 0.15) is 0 Å². The zero-order chi connectivity index (χ0) is 14.0. The van der Waals surface area contributed by atoms with Crippen molar-refractivity contribution in [2.75, 3.05) is 34.4 Å². The number of quaternary nitrogens is 1. The van der Waals surface area contributed by atoms with E-state index in [0.29, 0.717) is 11.5 Å². The van der Waals surface area contributed by atoms with Crippen molar-refractivity contribution in [3.8, 4) is 11.5 Å². The van der Waals surface area contributed by atoms with Gasteiger partial charge in [-0.15, -0.1) is 0 Å². The van der Waals surface area contributed by atoms with Crippen molar-refractivity contribution in [1.29, 1.82) is 0 Å². The maximum atomic E-state index is 10.8. The van der Waals surface area contributed by atoms with Crippen LogP contribution in [0.5, 0.6) is 11.5 Å². The van der Waals surface area contributed by atoms with Crippen LogP contribution in [0.2, 0.25) is 0 Å². The second-order valence-corrected chi connectivity index (χ2v) is 4.82. The Morgan fingerprint density at radius 1 is 1.37 bits per heavy atom. The van der Waals surface area contributed by atoms with E-state index in [4.69, 9.17) is 9.47 Å². The third kappa shape index (κ3) is 2.63. The van der Waals surface area contributed by atoms with Gasteiger partial charge in [0.25, 0.3) is 6.54 Å². The van der Waals surface area contributed by atoms with E-state index in [0.717, 1.165) is 29.0 Å². The Balaban J connectivity index is 2.45. The highest BCUT2D eigenvalue weighted by atomic mass is 16.6. The first-order valence-electron chi connectivity index (χ1n) is 6.25.